The van der Waals surface area contributed by atoms with Crippen LogP contribution in [-0.4, -0.2) is 70.3 Å². The highest BCUT2D eigenvalue weighted by atomic mass is 28.4. The van der Waals surface area contributed by atoms with Gasteiger partial charge in [0.25, 0.3) is 23.6 Å². The van der Waals surface area contributed by atoms with Gasteiger partial charge in [-0.3, -0.25) is 29.0 Å². The van der Waals surface area contributed by atoms with Crippen LogP contribution in [0.2, 0.25) is 38.3 Å². The highest BCUT2D eigenvalue weighted by Crippen LogP contribution is 2.28. The van der Waals surface area contributed by atoms with E-state index in [0.717, 1.165) is 18.5 Å². The molecule has 0 aromatic heterocycles. The molecule has 0 unspecified atom stereocenters. The molecule has 0 spiro atoms. The molecule has 0 N–H and O–H groups in total. The van der Waals surface area contributed by atoms with Crippen LogP contribution in [0, 0.1) is 0 Å². The number of benzene rings is 1. The van der Waals surface area contributed by atoms with E-state index in [4.69, 9.17) is 8.85 Å². The number of carbonyl (C=O) groups is 4. The highest BCUT2D eigenvalue weighted by molar-refractivity contribution is 6.84. The third-order valence-corrected chi connectivity index (χ3v) is 13.5. The molecule has 0 aliphatic carbocycles. The van der Waals surface area contributed by atoms with E-state index in [0.29, 0.717) is 36.4 Å². The Balaban J connectivity index is 1.47. The molecule has 0 radical (unpaired) electrons. The highest BCUT2D eigenvalue weighted by Gasteiger charge is 2.37. The van der Waals surface area contributed by atoms with Crippen LogP contribution in [0.4, 0.5) is 0 Å². The second-order valence-electron chi connectivity index (χ2n) is 9.66. The maximum absolute atomic E-state index is 12.7. The first-order valence-corrected chi connectivity index (χ1v) is 17.5. The molecule has 33 heavy (non-hydrogen) atoms. The van der Waals surface area contributed by atoms with E-state index < -0.39 is 16.6 Å². The molecule has 8 nitrogen and oxygen atoms in total. The lowest BCUT2D eigenvalue weighted by Gasteiger charge is -2.34. The second kappa shape index (κ2) is 9.74. The number of hydrogen-bond donors (Lipinski definition) is 0. The zero-order chi connectivity index (χ0) is 24.4. The fourth-order valence-electron chi connectivity index (χ4n) is 4.43. The summed E-state index contributed by atoms with van der Waals surface area (Å²) in [7, 11) is -2.49. The molecule has 1 aromatic rings. The van der Waals surface area contributed by atoms with Crippen LogP contribution >= 0.6 is 0 Å². The van der Waals surface area contributed by atoms with Gasteiger partial charge in [-0.15, -0.1) is 0 Å². The van der Waals surface area contributed by atoms with Crippen LogP contribution in [0.25, 0.3) is 0 Å². The minimum absolute atomic E-state index is 0.248. The molecular formula is C23H32N2O6Si2. The first-order chi connectivity index (χ1) is 15.4. The Morgan fingerprint density at radius 3 is 1.82 bits per heavy atom. The standard InChI is InChI=1S/C23H32N2O6Si2/c1-30-17-8-9-18-19(16-17)23(29)25(22(18)28)13-7-15-33(4,5)31-32(2,3)14-6-12-24-20(26)10-11-21(24)27/h8-11,16H,6-7,12-15H2,1-5H3. The maximum atomic E-state index is 12.7. The molecule has 4 amide bonds. The van der Waals surface area contributed by atoms with Gasteiger partial charge in [-0.05, 0) is 69.3 Å². The van der Waals surface area contributed by atoms with Crippen LogP contribution in [0.1, 0.15) is 33.6 Å². The second-order valence-corrected chi connectivity index (χ2v) is 18.5. The number of rotatable bonds is 11. The first kappa shape index (κ1) is 25.1. The van der Waals surface area contributed by atoms with Gasteiger partial charge in [0, 0.05) is 25.2 Å². The van der Waals surface area contributed by atoms with E-state index in [1.807, 2.05) is 0 Å². The Bertz CT molecular complexity index is 987. The average Bonchev–Trinajstić information content (AvgIpc) is 3.18. The van der Waals surface area contributed by atoms with Crippen molar-refractivity contribution in [2.24, 2.45) is 0 Å². The first-order valence-electron chi connectivity index (χ1n) is 11.2. The topological polar surface area (TPSA) is 93.2 Å². The number of fused-ring (bicyclic) bond motifs is 1. The molecule has 0 saturated carbocycles. The van der Waals surface area contributed by atoms with Gasteiger partial charge in [-0.25, -0.2) is 0 Å². The fraction of sp³-hybridized carbons (Fsp3) is 0.478. The summed E-state index contributed by atoms with van der Waals surface area (Å²) < 4.78 is 11.8. The summed E-state index contributed by atoms with van der Waals surface area (Å²) in [6.45, 7) is 9.41. The van der Waals surface area contributed by atoms with E-state index in [-0.39, 0.29) is 23.6 Å². The third kappa shape index (κ3) is 5.87. The lowest BCUT2D eigenvalue weighted by Crippen LogP contribution is -2.45. The lowest BCUT2D eigenvalue weighted by atomic mass is 10.1. The Hall–Kier alpha value is -2.57. The molecule has 0 bridgehead atoms. The van der Waals surface area contributed by atoms with Gasteiger partial charge in [0.2, 0.25) is 0 Å². The largest absolute Gasteiger partial charge is 0.497 e. The number of ether oxygens (including phenoxy) is 1. The molecule has 178 valence electrons. The zero-order valence-corrected chi connectivity index (χ0v) is 22.0. The van der Waals surface area contributed by atoms with Crippen molar-refractivity contribution >= 4 is 40.3 Å². The Morgan fingerprint density at radius 1 is 0.758 bits per heavy atom. The van der Waals surface area contributed by atoms with Crippen LogP contribution in [0.15, 0.2) is 30.4 Å². The van der Waals surface area contributed by atoms with Gasteiger partial charge in [0.05, 0.1) is 18.2 Å². The zero-order valence-electron chi connectivity index (χ0n) is 20.0. The van der Waals surface area contributed by atoms with Gasteiger partial charge < -0.3 is 8.85 Å². The van der Waals surface area contributed by atoms with E-state index in [1.54, 1.807) is 18.2 Å². The van der Waals surface area contributed by atoms with Crippen LogP contribution in [0.3, 0.4) is 0 Å². The smallest absolute Gasteiger partial charge is 0.261 e. The van der Waals surface area contributed by atoms with Crippen LogP contribution in [-0.2, 0) is 13.7 Å². The van der Waals surface area contributed by atoms with Crippen molar-refractivity contribution in [3.05, 3.63) is 41.5 Å². The van der Waals surface area contributed by atoms with Crippen LogP contribution < -0.4 is 4.74 Å². The monoisotopic (exact) mass is 488 g/mol. The molecular weight excluding hydrogens is 456 g/mol. The van der Waals surface area contributed by atoms with Crippen molar-refractivity contribution in [1.82, 2.24) is 9.80 Å². The number of nitrogens with zero attached hydrogens (tertiary/aromatic N) is 2. The molecule has 10 heteroatoms. The number of imide groups is 2. The minimum atomic E-state index is -2.03. The maximum Gasteiger partial charge on any atom is 0.261 e. The molecule has 1 aromatic carbocycles. The van der Waals surface area contributed by atoms with E-state index in [9.17, 15) is 19.2 Å². The molecule has 2 aliphatic heterocycles. The van der Waals surface area contributed by atoms with Gasteiger partial charge in [0.15, 0.2) is 16.6 Å². The van der Waals surface area contributed by atoms with E-state index in [2.05, 4.69) is 26.2 Å². The summed E-state index contributed by atoms with van der Waals surface area (Å²) in [5.74, 6) is -0.471. The molecule has 2 aliphatic rings. The number of carbonyl (C=O) groups excluding carboxylic acids is 4. The van der Waals surface area contributed by atoms with Crippen molar-refractivity contribution in [2.75, 3.05) is 20.2 Å². The normalized spacial score (nSPS) is 16.3. The Labute approximate surface area is 196 Å². The number of amides is 4. The number of methoxy groups -OCH3 is 1. The van der Waals surface area contributed by atoms with Gasteiger partial charge in [-0.1, -0.05) is 0 Å². The molecule has 3 rings (SSSR count). The summed E-state index contributed by atoms with van der Waals surface area (Å²) in [6.07, 6.45) is 4.03. The van der Waals surface area contributed by atoms with Crippen molar-refractivity contribution in [1.29, 1.82) is 0 Å². The minimum Gasteiger partial charge on any atom is -0.497 e. The summed E-state index contributed by atoms with van der Waals surface area (Å²) in [6, 6.07) is 6.62. The van der Waals surface area contributed by atoms with Gasteiger partial charge >= 0.3 is 0 Å². The van der Waals surface area contributed by atoms with Crippen molar-refractivity contribution in [2.45, 2.75) is 51.1 Å². The van der Waals surface area contributed by atoms with Gasteiger partial charge in [-0.2, -0.15) is 0 Å². The van der Waals surface area contributed by atoms with Crippen molar-refractivity contribution in [3.63, 3.8) is 0 Å². The SMILES string of the molecule is COc1ccc2c(c1)C(=O)N(CCC[Si](C)(C)O[Si](C)(C)CCCN1C(=O)C=CC1=O)C2=O. The molecule has 0 atom stereocenters. The quantitative estimate of drug-likeness (QED) is 0.350. The Morgan fingerprint density at radius 2 is 1.27 bits per heavy atom. The van der Waals surface area contributed by atoms with Gasteiger partial charge in [0.1, 0.15) is 5.75 Å². The summed E-state index contributed by atoms with van der Waals surface area (Å²) in [4.78, 5) is 51.3. The summed E-state index contributed by atoms with van der Waals surface area (Å²) in [5.41, 5.74) is 0.818. The molecule has 0 fully saturated rings. The van der Waals surface area contributed by atoms with Crippen molar-refractivity contribution in [3.8, 4) is 5.75 Å². The fourth-order valence-corrected chi connectivity index (χ4v) is 13.2. The lowest BCUT2D eigenvalue weighted by molar-refractivity contribution is -0.136. The Kier molecular flexibility index (Phi) is 7.40. The van der Waals surface area contributed by atoms with E-state index >= 15 is 0 Å². The van der Waals surface area contributed by atoms with E-state index in [1.165, 1.54) is 29.1 Å². The number of hydrogen-bond acceptors (Lipinski definition) is 6. The van der Waals surface area contributed by atoms with Crippen molar-refractivity contribution < 1.29 is 28.0 Å². The van der Waals surface area contributed by atoms with Crippen LogP contribution in [0.5, 0.6) is 5.75 Å². The molecule has 2 heterocycles. The third-order valence-electron chi connectivity index (χ3n) is 5.95. The average molecular weight is 489 g/mol. The summed E-state index contributed by atoms with van der Waals surface area (Å²) in [5, 5.41) is 0. The summed E-state index contributed by atoms with van der Waals surface area (Å²) >= 11 is 0. The predicted octanol–water partition coefficient (Wildman–Crippen LogP) is 3.42. The predicted molar refractivity (Wildman–Crippen MR) is 129 cm³/mol. The molecule has 0 saturated heterocycles.